The average Bonchev–Trinajstić information content (AvgIpc) is 3.01. The van der Waals surface area contributed by atoms with Crippen LogP contribution in [0.1, 0.15) is 12.5 Å². The SMILES string of the molecule is COc1ccccc1N1C(=O)/C(=C/c2cc(OC)c(OC(C)=O)c(OC)c2)SC1=S. The quantitative estimate of drug-likeness (QED) is 0.285. The molecule has 2 aromatic rings. The van der Waals surface area contributed by atoms with Crippen molar-refractivity contribution in [2.75, 3.05) is 26.2 Å². The van der Waals surface area contributed by atoms with Crippen molar-refractivity contribution >= 4 is 51.9 Å². The largest absolute Gasteiger partial charge is 0.495 e. The van der Waals surface area contributed by atoms with Crippen molar-refractivity contribution in [2.45, 2.75) is 6.92 Å². The van der Waals surface area contributed by atoms with Gasteiger partial charge in [0.25, 0.3) is 5.91 Å². The number of methoxy groups -OCH3 is 3. The number of nitrogens with zero attached hydrogens (tertiary/aromatic N) is 1. The highest BCUT2D eigenvalue weighted by Crippen LogP contribution is 2.42. The minimum Gasteiger partial charge on any atom is -0.495 e. The predicted molar refractivity (Wildman–Crippen MR) is 120 cm³/mol. The third kappa shape index (κ3) is 4.27. The summed E-state index contributed by atoms with van der Waals surface area (Å²) < 4.78 is 21.6. The van der Waals surface area contributed by atoms with Gasteiger partial charge in [0.2, 0.25) is 5.75 Å². The topological polar surface area (TPSA) is 74.3 Å². The highest BCUT2D eigenvalue weighted by atomic mass is 32.2. The van der Waals surface area contributed by atoms with Crippen molar-refractivity contribution in [1.29, 1.82) is 0 Å². The summed E-state index contributed by atoms with van der Waals surface area (Å²) in [6.45, 7) is 1.29. The van der Waals surface area contributed by atoms with Crippen LogP contribution in [0.2, 0.25) is 0 Å². The van der Waals surface area contributed by atoms with Crippen molar-refractivity contribution in [1.82, 2.24) is 0 Å². The molecule has 0 unspecified atom stereocenters. The minimum absolute atomic E-state index is 0.172. The first-order valence-corrected chi connectivity index (χ1v) is 9.97. The Kier molecular flexibility index (Phi) is 6.63. The molecule has 156 valence electrons. The molecule has 1 amide bonds. The first-order chi connectivity index (χ1) is 14.4. The van der Waals surface area contributed by atoms with Gasteiger partial charge in [-0.15, -0.1) is 0 Å². The molecule has 1 aliphatic heterocycles. The normalized spacial score (nSPS) is 14.8. The predicted octanol–water partition coefficient (Wildman–Crippen LogP) is 4.04. The molecule has 7 nitrogen and oxygen atoms in total. The fourth-order valence-electron chi connectivity index (χ4n) is 2.87. The number of hydrogen-bond donors (Lipinski definition) is 0. The fourth-order valence-corrected chi connectivity index (χ4v) is 4.15. The summed E-state index contributed by atoms with van der Waals surface area (Å²) in [4.78, 5) is 26.3. The van der Waals surface area contributed by atoms with Crippen LogP contribution in [-0.2, 0) is 9.59 Å². The van der Waals surface area contributed by atoms with Gasteiger partial charge in [0, 0.05) is 6.92 Å². The molecule has 0 atom stereocenters. The summed E-state index contributed by atoms with van der Waals surface area (Å²) in [5, 5.41) is 0. The Labute approximate surface area is 183 Å². The van der Waals surface area contributed by atoms with Crippen LogP contribution in [0, 0.1) is 0 Å². The zero-order chi connectivity index (χ0) is 21.8. The van der Waals surface area contributed by atoms with Crippen molar-refractivity contribution in [3.63, 3.8) is 0 Å². The van der Waals surface area contributed by atoms with Crippen LogP contribution in [0.3, 0.4) is 0 Å². The Balaban J connectivity index is 2.00. The molecule has 1 saturated heterocycles. The van der Waals surface area contributed by atoms with Crippen LogP contribution < -0.4 is 23.8 Å². The van der Waals surface area contributed by atoms with Gasteiger partial charge in [0.1, 0.15) is 5.75 Å². The maximum Gasteiger partial charge on any atom is 0.308 e. The maximum atomic E-state index is 13.1. The minimum atomic E-state index is -0.503. The lowest BCUT2D eigenvalue weighted by Gasteiger charge is -2.17. The van der Waals surface area contributed by atoms with Gasteiger partial charge >= 0.3 is 5.97 Å². The summed E-state index contributed by atoms with van der Waals surface area (Å²) in [6.07, 6.45) is 1.68. The van der Waals surface area contributed by atoms with Crippen LogP contribution in [0.4, 0.5) is 5.69 Å². The molecule has 0 aliphatic carbocycles. The molecule has 0 aromatic heterocycles. The van der Waals surface area contributed by atoms with E-state index in [2.05, 4.69) is 0 Å². The lowest BCUT2D eigenvalue weighted by atomic mass is 10.1. The molecule has 9 heteroatoms. The number of anilines is 1. The highest BCUT2D eigenvalue weighted by molar-refractivity contribution is 8.27. The molecular formula is C21H19NO6S2. The van der Waals surface area contributed by atoms with Gasteiger partial charge in [0.05, 0.1) is 31.9 Å². The molecule has 0 radical (unpaired) electrons. The van der Waals surface area contributed by atoms with E-state index in [1.807, 2.05) is 12.1 Å². The van der Waals surface area contributed by atoms with E-state index in [9.17, 15) is 9.59 Å². The maximum absolute atomic E-state index is 13.1. The molecule has 0 spiro atoms. The van der Waals surface area contributed by atoms with Crippen molar-refractivity contribution in [3.05, 3.63) is 46.9 Å². The van der Waals surface area contributed by atoms with Gasteiger partial charge in [-0.1, -0.05) is 36.1 Å². The Morgan fingerprint density at radius 1 is 1.03 bits per heavy atom. The Hall–Kier alpha value is -3.04. The number of carbonyl (C=O) groups excluding carboxylic acids is 2. The smallest absolute Gasteiger partial charge is 0.308 e. The van der Waals surface area contributed by atoms with Crippen LogP contribution in [0.15, 0.2) is 41.3 Å². The summed E-state index contributed by atoms with van der Waals surface area (Å²) in [7, 11) is 4.44. The van der Waals surface area contributed by atoms with E-state index in [4.69, 9.17) is 31.2 Å². The molecule has 0 N–H and O–H groups in total. The molecule has 0 saturated carbocycles. The van der Waals surface area contributed by atoms with E-state index in [-0.39, 0.29) is 11.7 Å². The first kappa shape index (κ1) is 21.7. The van der Waals surface area contributed by atoms with Gasteiger partial charge in [-0.05, 0) is 35.9 Å². The van der Waals surface area contributed by atoms with E-state index < -0.39 is 5.97 Å². The van der Waals surface area contributed by atoms with Crippen molar-refractivity contribution in [3.8, 4) is 23.0 Å². The highest BCUT2D eigenvalue weighted by Gasteiger charge is 2.35. The summed E-state index contributed by atoms with van der Waals surface area (Å²) >= 11 is 6.61. The average molecular weight is 446 g/mol. The van der Waals surface area contributed by atoms with E-state index in [0.717, 1.165) is 0 Å². The third-order valence-electron chi connectivity index (χ3n) is 4.15. The van der Waals surface area contributed by atoms with E-state index in [0.29, 0.717) is 37.7 Å². The van der Waals surface area contributed by atoms with Gasteiger partial charge in [-0.25, -0.2) is 0 Å². The van der Waals surface area contributed by atoms with E-state index in [1.165, 1.54) is 44.9 Å². The Morgan fingerprint density at radius 3 is 2.20 bits per heavy atom. The molecule has 1 aliphatic rings. The third-order valence-corrected chi connectivity index (χ3v) is 5.45. The van der Waals surface area contributed by atoms with Gasteiger partial charge in [-0.3, -0.25) is 14.5 Å². The Bertz CT molecular complexity index is 1020. The van der Waals surface area contributed by atoms with E-state index in [1.54, 1.807) is 30.3 Å². The lowest BCUT2D eigenvalue weighted by Crippen LogP contribution is -2.27. The number of para-hydroxylation sites is 2. The summed E-state index contributed by atoms with van der Waals surface area (Å²) in [5.41, 5.74) is 1.20. The van der Waals surface area contributed by atoms with Crippen molar-refractivity contribution < 1.29 is 28.5 Å². The molecule has 1 heterocycles. The van der Waals surface area contributed by atoms with Crippen LogP contribution >= 0.6 is 24.0 Å². The molecule has 1 fully saturated rings. The number of thioether (sulfide) groups is 1. The zero-order valence-electron chi connectivity index (χ0n) is 16.8. The molecule has 3 rings (SSSR count). The second-order valence-corrected chi connectivity index (χ2v) is 7.71. The number of carbonyl (C=O) groups is 2. The van der Waals surface area contributed by atoms with Crippen LogP contribution in [-0.4, -0.2) is 37.5 Å². The second-order valence-electron chi connectivity index (χ2n) is 6.04. The number of thiocarbonyl (C=S) groups is 1. The summed E-state index contributed by atoms with van der Waals surface area (Å²) in [6, 6.07) is 10.5. The Morgan fingerprint density at radius 2 is 1.63 bits per heavy atom. The number of ether oxygens (including phenoxy) is 4. The first-order valence-electron chi connectivity index (χ1n) is 8.75. The van der Waals surface area contributed by atoms with Gasteiger partial charge in [0.15, 0.2) is 15.8 Å². The molecule has 2 aromatic carbocycles. The van der Waals surface area contributed by atoms with Crippen LogP contribution in [0.5, 0.6) is 23.0 Å². The number of hydrogen-bond acceptors (Lipinski definition) is 8. The lowest BCUT2D eigenvalue weighted by molar-refractivity contribution is -0.132. The monoisotopic (exact) mass is 445 g/mol. The van der Waals surface area contributed by atoms with Crippen molar-refractivity contribution in [2.24, 2.45) is 0 Å². The van der Waals surface area contributed by atoms with Crippen LogP contribution in [0.25, 0.3) is 6.08 Å². The second kappa shape index (κ2) is 9.19. The molecule has 30 heavy (non-hydrogen) atoms. The number of benzene rings is 2. The molecule has 0 bridgehead atoms. The fraction of sp³-hybridized carbons (Fsp3) is 0.190. The number of amides is 1. The van der Waals surface area contributed by atoms with Gasteiger partial charge in [-0.2, -0.15) is 0 Å². The number of esters is 1. The summed E-state index contributed by atoms with van der Waals surface area (Å²) in [5.74, 6) is 0.552. The van der Waals surface area contributed by atoms with Gasteiger partial charge < -0.3 is 18.9 Å². The molecular weight excluding hydrogens is 426 g/mol. The van der Waals surface area contributed by atoms with E-state index >= 15 is 0 Å². The standard InChI is InChI=1S/C21H19NO6S2/c1-12(23)28-19-16(26-3)9-13(10-17(19)27-4)11-18-20(24)22(21(29)30-18)14-7-5-6-8-15(14)25-2/h5-11H,1-4H3/b18-11-. The number of rotatable bonds is 6. The zero-order valence-corrected chi connectivity index (χ0v) is 18.4.